The Hall–Kier alpha value is -0.660. The van der Waals surface area contributed by atoms with E-state index in [0.717, 1.165) is 12.8 Å². The third-order valence-corrected chi connectivity index (χ3v) is 5.28. The molecule has 0 spiro atoms. The summed E-state index contributed by atoms with van der Waals surface area (Å²) < 4.78 is 28.1. The molecule has 1 aliphatic rings. The average Bonchev–Trinajstić information content (AvgIpc) is 2.35. The summed E-state index contributed by atoms with van der Waals surface area (Å²) in [6, 6.07) is -1.06. The molecule has 2 N–H and O–H groups in total. The van der Waals surface area contributed by atoms with Crippen LogP contribution in [0.4, 0.5) is 0 Å². The molecule has 0 radical (unpaired) electrons. The van der Waals surface area contributed by atoms with Gasteiger partial charge in [0.2, 0.25) is 0 Å². The molecule has 19 heavy (non-hydrogen) atoms. The first-order valence-corrected chi connectivity index (χ1v) is 8.22. The van der Waals surface area contributed by atoms with Crippen LogP contribution >= 0.6 is 0 Å². The lowest BCUT2D eigenvalue weighted by molar-refractivity contribution is -0.140. The summed E-state index contributed by atoms with van der Waals surface area (Å²) in [5, 5.41) is 9.14. The summed E-state index contributed by atoms with van der Waals surface area (Å²) in [7, 11) is -3.71. The van der Waals surface area contributed by atoms with Crippen LogP contribution in [0, 0.1) is 11.8 Å². The van der Waals surface area contributed by atoms with Crippen molar-refractivity contribution in [3.8, 4) is 0 Å². The van der Waals surface area contributed by atoms with Crippen LogP contribution in [0.25, 0.3) is 0 Å². The molecule has 0 aliphatic carbocycles. The van der Waals surface area contributed by atoms with E-state index in [1.807, 2.05) is 13.8 Å². The highest BCUT2D eigenvalue weighted by Crippen LogP contribution is 2.19. The maximum absolute atomic E-state index is 12.2. The monoisotopic (exact) mass is 292 g/mol. The van der Waals surface area contributed by atoms with E-state index in [0.29, 0.717) is 25.4 Å². The molecule has 1 rings (SSSR count). The smallest absolute Gasteiger partial charge is 0.322 e. The SMILES string of the molecule is CCC(C)C(NS(=O)(=O)N1CCCC(C)C1)C(=O)O. The van der Waals surface area contributed by atoms with Gasteiger partial charge in [0.1, 0.15) is 6.04 Å². The van der Waals surface area contributed by atoms with Gasteiger partial charge in [0.15, 0.2) is 0 Å². The second-order valence-corrected chi connectivity index (χ2v) is 7.13. The summed E-state index contributed by atoms with van der Waals surface area (Å²) in [5.74, 6) is -1.05. The molecule has 112 valence electrons. The van der Waals surface area contributed by atoms with Crippen molar-refractivity contribution in [2.45, 2.75) is 46.1 Å². The molecule has 1 aliphatic heterocycles. The fourth-order valence-corrected chi connectivity index (χ4v) is 3.87. The van der Waals surface area contributed by atoms with E-state index in [1.165, 1.54) is 4.31 Å². The van der Waals surface area contributed by atoms with Gasteiger partial charge in [-0.15, -0.1) is 0 Å². The fourth-order valence-electron chi connectivity index (χ4n) is 2.25. The second-order valence-electron chi connectivity index (χ2n) is 5.43. The Bertz CT molecular complexity index is 410. The number of carboxylic acid groups (broad SMARTS) is 1. The minimum atomic E-state index is -3.71. The number of nitrogens with one attached hydrogen (secondary N) is 1. The van der Waals surface area contributed by atoms with E-state index in [1.54, 1.807) is 6.92 Å². The quantitative estimate of drug-likeness (QED) is 0.766. The van der Waals surface area contributed by atoms with Crippen LogP contribution in [0.1, 0.15) is 40.0 Å². The molecule has 0 bridgehead atoms. The molecule has 1 fully saturated rings. The van der Waals surface area contributed by atoms with Crippen molar-refractivity contribution in [2.24, 2.45) is 11.8 Å². The van der Waals surface area contributed by atoms with E-state index in [4.69, 9.17) is 5.11 Å². The highest BCUT2D eigenvalue weighted by Gasteiger charge is 2.33. The fraction of sp³-hybridized carbons (Fsp3) is 0.917. The standard InChI is InChI=1S/C12H24N2O4S/c1-4-10(3)11(12(15)16)13-19(17,18)14-7-5-6-9(2)8-14/h9-11,13H,4-8H2,1-3H3,(H,15,16). The Morgan fingerprint density at radius 1 is 1.53 bits per heavy atom. The summed E-state index contributed by atoms with van der Waals surface area (Å²) in [4.78, 5) is 11.2. The van der Waals surface area contributed by atoms with E-state index in [9.17, 15) is 13.2 Å². The van der Waals surface area contributed by atoms with Crippen LogP contribution in [-0.2, 0) is 15.0 Å². The molecule has 1 heterocycles. The first-order valence-electron chi connectivity index (χ1n) is 6.78. The molecule has 0 aromatic carbocycles. The average molecular weight is 292 g/mol. The summed E-state index contributed by atoms with van der Waals surface area (Å²) >= 11 is 0. The molecule has 3 unspecified atom stereocenters. The van der Waals surface area contributed by atoms with Crippen molar-refractivity contribution in [3.05, 3.63) is 0 Å². The third kappa shape index (κ3) is 4.43. The van der Waals surface area contributed by atoms with Crippen molar-refractivity contribution in [1.82, 2.24) is 9.03 Å². The first-order chi connectivity index (χ1) is 8.77. The van der Waals surface area contributed by atoms with Crippen LogP contribution < -0.4 is 4.72 Å². The Kier molecular flexibility index (Phi) is 5.76. The third-order valence-electron chi connectivity index (χ3n) is 3.71. The molecule has 7 heteroatoms. The lowest BCUT2D eigenvalue weighted by Gasteiger charge is -2.31. The van der Waals surface area contributed by atoms with E-state index in [-0.39, 0.29) is 5.92 Å². The van der Waals surface area contributed by atoms with Crippen molar-refractivity contribution >= 4 is 16.2 Å². The molecular formula is C12H24N2O4S. The lowest BCUT2D eigenvalue weighted by Crippen LogP contribution is -2.52. The van der Waals surface area contributed by atoms with Gasteiger partial charge in [0.25, 0.3) is 10.2 Å². The van der Waals surface area contributed by atoms with Gasteiger partial charge in [-0.2, -0.15) is 17.4 Å². The van der Waals surface area contributed by atoms with Crippen LogP contribution in [0.3, 0.4) is 0 Å². The number of rotatable bonds is 6. The Morgan fingerprint density at radius 3 is 2.63 bits per heavy atom. The minimum absolute atomic E-state index is 0.241. The molecule has 0 aromatic rings. The first kappa shape index (κ1) is 16.4. The molecular weight excluding hydrogens is 268 g/mol. The van der Waals surface area contributed by atoms with Gasteiger partial charge in [-0.05, 0) is 24.7 Å². The molecule has 0 saturated carbocycles. The number of aliphatic carboxylic acids is 1. The maximum Gasteiger partial charge on any atom is 0.322 e. The van der Waals surface area contributed by atoms with Crippen LogP contribution in [0.15, 0.2) is 0 Å². The van der Waals surface area contributed by atoms with E-state index in [2.05, 4.69) is 4.72 Å². The normalized spacial score (nSPS) is 24.9. The Labute approximate surface area is 115 Å². The zero-order chi connectivity index (χ0) is 14.6. The van der Waals surface area contributed by atoms with Crippen molar-refractivity contribution in [2.75, 3.05) is 13.1 Å². The summed E-state index contributed by atoms with van der Waals surface area (Å²) in [6.45, 7) is 6.51. The van der Waals surface area contributed by atoms with E-state index >= 15 is 0 Å². The van der Waals surface area contributed by atoms with Gasteiger partial charge in [-0.1, -0.05) is 27.2 Å². The molecule has 0 amide bonds. The van der Waals surface area contributed by atoms with Crippen LogP contribution in [0.2, 0.25) is 0 Å². The number of hydrogen-bond acceptors (Lipinski definition) is 3. The number of nitrogens with zero attached hydrogens (tertiary/aromatic N) is 1. The second kappa shape index (κ2) is 6.67. The molecule has 0 aromatic heterocycles. The topological polar surface area (TPSA) is 86.7 Å². The maximum atomic E-state index is 12.2. The van der Waals surface area contributed by atoms with Crippen molar-refractivity contribution in [3.63, 3.8) is 0 Å². The zero-order valence-electron chi connectivity index (χ0n) is 11.8. The Balaban J connectivity index is 2.79. The Morgan fingerprint density at radius 2 is 2.16 bits per heavy atom. The molecule has 1 saturated heterocycles. The van der Waals surface area contributed by atoms with Crippen LogP contribution in [0.5, 0.6) is 0 Å². The van der Waals surface area contributed by atoms with E-state index < -0.39 is 22.2 Å². The number of carboxylic acids is 1. The van der Waals surface area contributed by atoms with Gasteiger partial charge < -0.3 is 5.11 Å². The van der Waals surface area contributed by atoms with Crippen molar-refractivity contribution in [1.29, 1.82) is 0 Å². The van der Waals surface area contributed by atoms with Gasteiger partial charge in [0, 0.05) is 13.1 Å². The highest BCUT2D eigenvalue weighted by atomic mass is 32.2. The molecule has 3 atom stereocenters. The largest absolute Gasteiger partial charge is 0.480 e. The number of carbonyl (C=O) groups is 1. The van der Waals surface area contributed by atoms with Gasteiger partial charge in [0.05, 0.1) is 0 Å². The van der Waals surface area contributed by atoms with Crippen molar-refractivity contribution < 1.29 is 18.3 Å². The van der Waals surface area contributed by atoms with Gasteiger partial charge >= 0.3 is 5.97 Å². The van der Waals surface area contributed by atoms with Gasteiger partial charge in [-0.25, -0.2) is 0 Å². The van der Waals surface area contributed by atoms with Crippen LogP contribution in [-0.4, -0.2) is 42.9 Å². The lowest BCUT2D eigenvalue weighted by atomic mass is 10.0. The minimum Gasteiger partial charge on any atom is -0.480 e. The number of hydrogen-bond donors (Lipinski definition) is 2. The summed E-state index contributed by atoms with van der Waals surface area (Å²) in [6.07, 6.45) is 2.44. The zero-order valence-corrected chi connectivity index (χ0v) is 12.6. The van der Waals surface area contributed by atoms with Gasteiger partial charge in [-0.3, -0.25) is 4.79 Å². The predicted molar refractivity (Wildman–Crippen MR) is 72.9 cm³/mol. The summed E-state index contributed by atoms with van der Waals surface area (Å²) in [5.41, 5.74) is 0. The highest BCUT2D eigenvalue weighted by molar-refractivity contribution is 7.87. The predicted octanol–water partition coefficient (Wildman–Crippen LogP) is 1.05. The number of piperidine rings is 1. The molecule has 6 nitrogen and oxygen atoms in total.